The van der Waals surface area contributed by atoms with Crippen LogP contribution >= 0.6 is 12.2 Å². The Labute approximate surface area is 201 Å². The Morgan fingerprint density at radius 3 is 2.03 bits per heavy atom. The van der Waals surface area contributed by atoms with Crippen molar-refractivity contribution in [2.24, 2.45) is 0 Å². The minimum atomic E-state index is -0.256. The fraction of sp³-hybridized carbons (Fsp3) is 0.407. The third-order valence-electron chi connectivity index (χ3n) is 7.06. The lowest BCUT2D eigenvalue weighted by Gasteiger charge is -2.42. The zero-order valence-electron chi connectivity index (χ0n) is 20.4. The van der Waals surface area contributed by atoms with Gasteiger partial charge in [-0.25, -0.2) is 0 Å². The first-order chi connectivity index (χ1) is 15.5. The van der Waals surface area contributed by atoms with Gasteiger partial charge in [0.1, 0.15) is 17.2 Å². The molecule has 5 nitrogen and oxygen atoms in total. The summed E-state index contributed by atoms with van der Waals surface area (Å²) in [5, 5.41) is 5.81. The summed E-state index contributed by atoms with van der Waals surface area (Å²) in [6.45, 7) is 11.5. The predicted octanol–water partition coefficient (Wildman–Crippen LogP) is 5.37. The first kappa shape index (κ1) is 23.3. The van der Waals surface area contributed by atoms with Gasteiger partial charge in [0.2, 0.25) is 0 Å². The van der Waals surface area contributed by atoms with Gasteiger partial charge in [-0.1, -0.05) is 33.8 Å². The van der Waals surface area contributed by atoms with Gasteiger partial charge < -0.3 is 14.8 Å². The normalized spacial score (nSPS) is 19.7. The van der Waals surface area contributed by atoms with Crippen LogP contribution in [0.1, 0.15) is 62.8 Å². The summed E-state index contributed by atoms with van der Waals surface area (Å²) in [6, 6.07) is 8.58. The van der Waals surface area contributed by atoms with E-state index in [9.17, 15) is 4.79 Å². The Hall–Kier alpha value is -2.86. The number of rotatable bonds is 4. The molecule has 0 radical (unpaired) electrons. The number of carbonyl (C=O) groups excluding carboxylic acids is 1. The van der Waals surface area contributed by atoms with E-state index in [0.717, 1.165) is 28.9 Å². The van der Waals surface area contributed by atoms with E-state index in [2.05, 4.69) is 57.4 Å². The van der Waals surface area contributed by atoms with Gasteiger partial charge >= 0.3 is 0 Å². The highest BCUT2D eigenvalue weighted by atomic mass is 32.1. The molecule has 2 aromatic rings. The number of ether oxygens (including phenoxy) is 2. The molecule has 0 saturated carbocycles. The summed E-state index contributed by atoms with van der Waals surface area (Å²) < 4.78 is 11.4. The fourth-order valence-electron chi connectivity index (χ4n) is 4.90. The molecule has 1 aliphatic carbocycles. The first-order valence-corrected chi connectivity index (χ1v) is 11.6. The van der Waals surface area contributed by atoms with Gasteiger partial charge in [0.05, 0.1) is 14.2 Å². The predicted molar refractivity (Wildman–Crippen MR) is 137 cm³/mol. The average molecular weight is 465 g/mol. The highest BCUT2D eigenvalue weighted by Crippen LogP contribution is 2.49. The van der Waals surface area contributed by atoms with Crippen LogP contribution in [0.4, 0.5) is 0 Å². The van der Waals surface area contributed by atoms with Crippen LogP contribution in [0.15, 0.2) is 30.0 Å². The molecule has 2 aliphatic rings. The van der Waals surface area contributed by atoms with E-state index in [1.165, 1.54) is 23.1 Å². The van der Waals surface area contributed by atoms with Crippen LogP contribution in [0, 0.1) is 6.92 Å². The Morgan fingerprint density at radius 1 is 0.879 bits per heavy atom. The van der Waals surface area contributed by atoms with Crippen molar-refractivity contribution in [3.8, 4) is 22.6 Å². The maximum Gasteiger partial charge on any atom is 0.273 e. The lowest BCUT2D eigenvalue weighted by Crippen LogP contribution is -2.34. The van der Waals surface area contributed by atoms with E-state index in [0.29, 0.717) is 16.6 Å². The average Bonchev–Trinajstić information content (AvgIpc) is 3.07. The maximum absolute atomic E-state index is 12.2. The second-order valence-corrected chi connectivity index (χ2v) is 10.6. The molecule has 1 heterocycles. The molecular weight excluding hydrogens is 432 g/mol. The molecule has 174 valence electrons. The fourth-order valence-corrected chi connectivity index (χ4v) is 5.10. The van der Waals surface area contributed by atoms with Crippen LogP contribution < -0.4 is 20.1 Å². The number of hydrogen-bond donors (Lipinski definition) is 2. The molecule has 0 atom stereocenters. The molecule has 0 spiro atoms. The van der Waals surface area contributed by atoms with Crippen LogP contribution in [-0.4, -0.2) is 25.2 Å². The molecule has 0 bridgehead atoms. The van der Waals surface area contributed by atoms with Crippen molar-refractivity contribution in [1.29, 1.82) is 0 Å². The van der Waals surface area contributed by atoms with Gasteiger partial charge in [0.25, 0.3) is 5.91 Å². The van der Waals surface area contributed by atoms with Crippen molar-refractivity contribution in [2.45, 2.75) is 58.3 Å². The Balaban J connectivity index is 1.93. The summed E-state index contributed by atoms with van der Waals surface area (Å²) >= 11 is 5.07. The summed E-state index contributed by atoms with van der Waals surface area (Å²) in [6.07, 6.45) is 4.08. The molecule has 0 aromatic heterocycles. The summed E-state index contributed by atoms with van der Waals surface area (Å²) in [4.78, 5) is 12.2. The van der Waals surface area contributed by atoms with E-state index >= 15 is 0 Å². The monoisotopic (exact) mass is 464 g/mol. The van der Waals surface area contributed by atoms with E-state index in [4.69, 9.17) is 21.7 Å². The zero-order chi connectivity index (χ0) is 24.1. The SMILES string of the molecule is COc1cc(OC)c(-c2cc3c(cc2C)C(C)(C)CCC3(C)C)cc1/C=C1\NC(=S)NC1=O. The van der Waals surface area contributed by atoms with Gasteiger partial charge in [-0.2, -0.15) is 0 Å². The van der Waals surface area contributed by atoms with E-state index in [1.54, 1.807) is 20.3 Å². The van der Waals surface area contributed by atoms with Crippen LogP contribution in [0.25, 0.3) is 17.2 Å². The Morgan fingerprint density at radius 2 is 1.48 bits per heavy atom. The van der Waals surface area contributed by atoms with E-state index in [-0.39, 0.29) is 16.7 Å². The number of methoxy groups -OCH3 is 2. The molecule has 4 rings (SSSR count). The molecule has 0 unspecified atom stereocenters. The number of thiocarbonyl (C=S) groups is 1. The number of fused-ring (bicyclic) bond motifs is 1. The number of hydrogen-bond acceptors (Lipinski definition) is 4. The third-order valence-corrected chi connectivity index (χ3v) is 7.26. The molecule has 2 N–H and O–H groups in total. The van der Waals surface area contributed by atoms with Crippen molar-refractivity contribution >= 4 is 29.3 Å². The van der Waals surface area contributed by atoms with Crippen molar-refractivity contribution < 1.29 is 14.3 Å². The molecule has 2 aromatic carbocycles. The highest BCUT2D eigenvalue weighted by Gasteiger charge is 2.37. The topological polar surface area (TPSA) is 59.6 Å². The standard InChI is InChI=1S/C27H32N2O3S/c1-15-10-19-20(27(4,5)9-8-26(19,2)3)13-17(15)18-11-16(22(31-6)14-23(18)32-7)12-21-24(30)29-25(33)28-21/h10-14H,8-9H2,1-7H3,(H2,28,29,30,33)/b21-12-. The van der Waals surface area contributed by atoms with Crippen LogP contribution in [0.5, 0.6) is 11.5 Å². The van der Waals surface area contributed by atoms with Crippen LogP contribution in [0.3, 0.4) is 0 Å². The number of benzene rings is 2. The molecule has 1 amide bonds. The smallest absolute Gasteiger partial charge is 0.273 e. The number of carbonyl (C=O) groups is 1. The van der Waals surface area contributed by atoms with Gasteiger partial charge in [-0.05, 0) is 83.3 Å². The summed E-state index contributed by atoms with van der Waals surface area (Å²) in [5.74, 6) is 1.09. The first-order valence-electron chi connectivity index (χ1n) is 11.2. The van der Waals surface area contributed by atoms with Crippen LogP contribution in [0.2, 0.25) is 0 Å². The van der Waals surface area contributed by atoms with E-state index in [1.807, 2.05) is 12.1 Å². The third kappa shape index (κ3) is 4.12. The van der Waals surface area contributed by atoms with Crippen molar-refractivity contribution in [3.63, 3.8) is 0 Å². The molecule has 1 saturated heterocycles. The second kappa shape index (κ2) is 8.17. The molecular formula is C27H32N2O3S. The summed E-state index contributed by atoms with van der Waals surface area (Å²) in [7, 11) is 3.28. The molecule has 33 heavy (non-hydrogen) atoms. The maximum atomic E-state index is 12.2. The molecule has 1 fully saturated rings. The lowest BCUT2D eigenvalue weighted by molar-refractivity contribution is -0.115. The quantitative estimate of drug-likeness (QED) is 0.470. The largest absolute Gasteiger partial charge is 0.496 e. The van der Waals surface area contributed by atoms with Crippen molar-refractivity contribution in [2.75, 3.05) is 14.2 Å². The van der Waals surface area contributed by atoms with Crippen molar-refractivity contribution in [1.82, 2.24) is 10.6 Å². The number of aryl methyl sites for hydroxylation is 1. The minimum absolute atomic E-state index is 0.0966. The lowest BCUT2D eigenvalue weighted by atomic mass is 9.62. The van der Waals surface area contributed by atoms with Gasteiger partial charge in [-0.15, -0.1) is 0 Å². The second-order valence-electron chi connectivity index (χ2n) is 10.2. The Kier molecular flexibility index (Phi) is 5.77. The van der Waals surface area contributed by atoms with Gasteiger partial charge in [0.15, 0.2) is 5.11 Å². The molecule has 1 aliphatic heterocycles. The van der Waals surface area contributed by atoms with Crippen molar-refractivity contribution in [3.05, 3.63) is 52.2 Å². The minimum Gasteiger partial charge on any atom is -0.496 e. The Bertz CT molecular complexity index is 1190. The zero-order valence-corrected chi connectivity index (χ0v) is 21.3. The molecule has 6 heteroatoms. The van der Waals surface area contributed by atoms with Gasteiger partial charge in [-0.3, -0.25) is 10.1 Å². The van der Waals surface area contributed by atoms with Gasteiger partial charge in [0, 0.05) is 17.2 Å². The highest BCUT2D eigenvalue weighted by molar-refractivity contribution is 7.80. The number of amides is 1. The number of nitrogens with one attached hydrogen (secondary N) is 2. The van der Waals surface area contributed by atoms with E-state index < -0.39 is 0 Å². The summed E-state index contributed by atoms with van der Waals surface area (Å²) in [5.41, 5.74) is 7.50. The van der Waals surface area contributed by atoms with Crippen LogP contribution in [-0.2, 0) is 15.6 Å².